The predicted molar refractivity (Wildman–Crippen MR) is 47.3 cm³/mol. The van der Waals surface area contributed by atoms with Crippen LogP contribution in [0.3, 0.4) is 0 Å². The van der Waals surface area contributed by atoms with E-state index in [1.54, 1.807) is 12.1 Å². The molecule has 2 nitrogen and oxygen atoms in total. The Hall–Kier alpha value is -0.765. The summed E-state index contributed by atoms with van der Waals surface area (Å²) < 4.78 is 20.9. The van der Waals surface area contributed by atoms with Gasteiger partial charge in [0.05, 0.1) is 4.90 Å². The van der Waals surface area contributed by atoms with Gasteiger partial charge in [0.25, 0.3) is 0 Å². The molecule has 0 saturated carbocycles. The Morgan fingerprint density at radius 1 is 1.18 bits per heavy atom. The molecule has 1 aromatic carbocycles. The van der Waals surface area contributed by atoms with Gasteiger partial charge in [0.15, 0.2) is 10.7 Å². The monoisotopic (exact) mass is 168 g/mol. The summed E-state index contributed by atoms with van der Waals surface area (Å²) in [6.07, 6.45) is 0.940. The molecule has 0 heterocycles. The largest absolute Gasteiger partial charge is 0.227 e. The van der Waals surface area contributed by atoms with E-state index in [1.807, 2.05) is 20.0 Å². The van der Waals surface area contributed by atoms with Crippen molar-refractivity contribution in [2.75, 3.05) is 0 Å². The third-order valence-electron chi connectivity index (χ3n) is 1.56. The van der Waals surface area contributed by atoms with Crippen molar-refractivity contribution in [1.29, 1.82) is 0 Å². The fraction of sp³-hybridized carbons (Fsp3) is 0.143. The lowest BCUT2D eigenvalue weighted by atomic mass is 9.97. The molecule has 4 heteroatoms. The van der Waals surface area contributed by atoms with Crippen LogP contribution in [-0.2, 0) is 17.0 Å². The first-order chi connectivity index (χ1) is 5.24. The average Bonchev–Trinajstić information content (AvgIpc) is 2.05. The summed E-state index contributed by atoms with van der Waals surface area (Å²) in [4.78, 5) is 0.386. The molecule has 0 unspecified atom stereocenters. The maximum Gasteiger partial charge on any atom is 0.168 e. The van der Waals surface area contributed by atoms with Crippen molar-refractivity contribution in [2.45, 2.75) is 11.2 Å². The molecular formula is C7H9BO2S. The first-order valence-corrected chi connectivity index (χ1v) is 4.65. The fourth-order valence-electron chi connectivity index (χ4n) is 0.853. The molecule has 0 aliphatic heterocycles. The van der Waals surface area contributed by atoms with Gasteiger partial charge < -0.3 is 0 Å². The Bertz CT molecular complexity index is 295. The molecule has 11 heavy (non-hydrogen) atoms. The number of thiol groups is 1. The molecule has 1 rings (SSSR count). The Morgan fingerprint density at radius 2 is 1.73 bits per heavy atom. The van der Waals surface area contributed by atoms with Crippen LogP contribution in [-0.4, -0.2) is 16.3 Å². The van der Waals surface area contributed by atoms with Crippen LogP contribution in [0.4, 0.5) is 0 Å². The van der Waals surface area contributed by atoms with E-state index in [-0.39, 0.29) is 0 Å². The van der Waals surface area contributed by atoms with E-state index in [0.717, 1.165) is 11.9 Å². The van der Waals surface area contributed by atoms with Gasteiger partial charge in [-0.3, -0.25) is 0 Å². The van der Waals surface area contributed by atoms with Crippen molar-refractivity contribution in [3.8, 4) is 0 Å². The van der Waals surface area contributed by atoms with E-state index in [1.165, 1.54) is 0 Å². The van der Waals surface area contributed by atoms with Crippen LogP contribution >= 0.6 is 0 Å². The molecule has 0 atom stereocenters. The zero-order chi connectivity index (χ0) is 8.27. The van der Waals surface area contributed by atoms with Crippen molar-refractivity contribution in [3.05, 3.63) is 29.8 Å². The molecular weight excluding hydrogens is 159 g/mol. The molecule has 0 spiro atoms. The van der Waals surface area contributed by atoms with Gasteiger partial charge in [0.1, 0.15) is 7.85 Å². The molecule has 0 aliphatic rings. The molecule has 0 aromatic heterocycles. The van der Waals surface area contributed by atoms with Crippen molar-refractivity contribution >= 4 is 18.6 Å². The molecule has 1 aromatic rings. The highest BCUT2D eigenvalue weighted by molar-refractivity contribution is 7.72. The molecule has 0 amide bonds. The summed E-state index contributed by atoms with van der Waals surface area (Å²) in [5.41, 5.74) is 1.16. The summed E-state index contributed by atoms with van der Waals surface area (Å²) in [5.74, 6) is 0. The van der Waals surface area contributed by atoms with Gasteiger partial charge >= 0.3 is 0 Å². The highest BCUT2D eigenvalue weighted by Crippen LogP contribution is 2.04. The summed E-state index contributed by atoms with van der Waals surface area (Å²) in [6.45, 7) is 0. The second-order valence-electron chi connectivity index (χ2n) is 2.28. The number of rotatable bonds is 2. The first-order valence-electron chi connectivity index (χ1n) is 3.47. The zero-order valence-electron chi connectivity index (χ0n) is 6.28. The Balaban J connectivity index is 3.01. The van der Waals surface area contributed by atoms with Gasteiger partial charge in [0.2, 0.25) is 0 Å². The number of hydrogen-bond donors (Lipinski definition) is 1. The van der Waals surface area contributed by atoms with E-state index in [0.29, 0.717) is 4.90 Å². The standard InChI is InChI=1S/C7H9BO2S/c8-5-6-1-3-7(4-2-6)11(9)10/h1-4,11H,5,8H2. The molecule has 0 bridgehead atoms. The minimum Gasteiger partial charge on any atom is -0.227 e. The average molecular weight is 168 g/mol. The minimum absolute atomic E-state index is 0.386. The van der Waals surface area contributed by atoms with Crippen LogP contribution in [0.2, 0.25) is 0 Å². The SMILES string of the molecule is BCc1ccc([SH](=O)=O)cc1. The number of benzene rings is 1. The van der Waals surface area contributed by atoms with E-state index in [4.69, 9.17) is 0 Å². The van der Waals surface area contributed by atoms with E-state index in [2.05, 4.69) is 0 Å². The third kappa shape index (κ3) is 2.08. The van der Waals surface area contributed by atoms with Crippen LogP contribution < -0.4 is 0 Å². The first kappa shape index (κ1) is 8.33. The molecule has 0 aliphatic carbocycles. The van der Waals surface area contributed by atoms with Gasteiger partial charge in [-0.1, -0.05) is 24.0 Å². The summed E-state index contributed by atoms with van der Waals surface area (Å²) in [5, 5.41) is 0. The Labute approximate surface area is 68.6 Å². The highest BCUT2D eigenvalue weighted by Gasteiger charge is 1.92. The smallest absolute Gasteiger partial charge is 0.168 e. The fourth-order valence-corrected chi connectivity index (χ4v) is 1.25. The van der Waals surface area contributed by atoms with Crippen molar-refractivity contribution in [1.82, 2.24) is 0 Å². The molecule has 0 radical (unpaired) electrons. The summed E-state index contributed by atoms with van der Waals surface area (Å²) >= 11 is 0. The van der Waals surface area contributed by atoms with Crippen molar-refractivity contribution in [3.63, 3.8) is 0 Å². The Morgan fingerprint density at radius 3 is 2.09 bits per heavy atom. The van der Waals surface area contributed by atoms with E-state index < -0.39 is 10.7 Å². The maximum atomic E-state index is 10.4. The van der Waals surface area contributed by atoms with Crippen LogP contribution in [0.25, 0.3) is 0 Å². The molecule has 0 N–H and O–H groups in total. The van der Waals surface area contributed by atoms with Crippen LogP contribution in [0.5, 0.6) is 0 Å². The lowest BCUT2D eigenvalue weighted by Gasteiger charge is -1.94. The lowest BCUT2D eigenvalue weighted by Crippen LogP contribution is -1.84. The lowest BCUT2D eigenvalue weighted by molar-refractivity contribution is 0.614. The normalized spacial score (nSPS) is 10.3. The minimum atomic E-state index is -2.41. The number of hydrogen-bond acceptors (Lipinski definition) is 2. The van der Waals surface area contributed by atoms with Gasteiger partial charge in [-0.15, -0.1) is 0 Å². The van der Waals surface area contributed by atoms with Gasteiger partial charge in [-0.2, -0.15) is 0 Å². The van der Waals surface area contributed by atoms with Gasteiger partial charge in [-0.25, -0.2) is 8.42 Å². The molecule has 0 saturated heterocycles. The van der Waals surface area contributed by atoms with Crippen molar-refractivity contribution in [2.24, 2.45) is 0 Å². The van der Waals surface area contributed by atoms with Crippen molar-refractivity contribution < 1.29 is 8.42 Å². The van der Waals surface area contributed by atoms with Gasteiger partial charge in [-0.05, 0) is 12.1 Å². The third-order valence-corrected chi connectivity index (χ3v) is 2.28. The zero-order valence-corrected chi connectivity index (χ0v) is 7.17. The Kier molecular flexibility index (Phi) is 2.71. The highest BCUT2D eigenvalue weighted by atomic mass is 32.2. The molecule has 0 fully saturated rings. The van der Waals surface area contributed by atoms with Crippen LogP contribution in [0.1, 0.15) is 5.56 Å². The topological polar surface area (TPSA) is 34.1 Å². The van der Waals surface area contributed by atoms with Crippen LogP contribution in [0, 0.1) is 0 Å². The second-order valence-corrected chi connectivity index (χ2v) is 3.31. The summed E-state index contributed by atoms with van der Waals surface area (Å²) in [6, 6.07) is 6.93. The van der Waals surface area contributed by atoms with Crippen LogP contribution in [0.15, 0.2) is 29.2 Å². The summed E-state index contributed by atoms with van der Waals surface area (Å²) in [7, 11) is -0.379. The van der Waals surface area contributed by atoms with E-state index >= 15 is 0 Å². The quantitative estimate of drug-likeness (QED) is 0.489. The van der Waals surface area contributed by atoms with Gasteiger partial charge in [0, 0.05) is 0 Å². The van der Waals surface area contributed by atoms with E-state index in [9.17, 15) is 8.42 Å². The predicted octanol–water partition coefficient (Wildman–Crippen LogP) is -0.210. The second kappa shape index (κ2) is 3.58. The molecule has 58 valence electrons. The maximum absolute atomic E-state index is 10.4.